The van der Waals surface area contributed by atoms with Crippen molar-refractivity contribution in [3.63, 3.8) is 0 Å². The van der Waals surface area contributed by atoms with E-state index >= 15 is 0 Å². The van der Waals surface area contributed by atoms with Gasteiger partial charge in [0, 0.05) is 12.8 Å². The molecule has 44 heavy (non-hydrogen) atoms. The first-order valence-electron chi connectivity index (χ1n) is 17.5. The third kappa shape index (κ3) is 32.3. The van der Waals surface area contributed by atoms with Crippen LogP contribution in [0.5, 0.6) is 0 Å². The maximum atomic E-state index is 12.1. The zero-order chi connectivity index (χ0) is 32.2. The molecule has 1 atom stereocenters. The molecule has 0 aromatic rings. The van der Waals surface area contributed by atoms with Crippen LogP contribution < -0.4 is 0 Å². The van der Waals surface area contributed by atoms with Crippen molar-refractivity contribution in [2.45, 2.75) is 148 Å². The summed E-state index contributed by atoms with van der Waals surface area (Å²) in [5.41, 5.74) is 0. The zero-order valence-electron chi connectivity index (χ0n) is 28.1. The highest BCUT2D eigenvalue weighted by molar-refractivity contribution is 5.70. The van der Waals surface area contributed by atoms with Crippen molar-refractivity contribution in [1.82, 2.24) is 0 Å². The molecule has 0 amide bonds. The number of aliphatic hydroxyl groups is 1. The van der Waals surface area contributed by atoms with Crippen molar-refractivity contribution in [2.75, 3.05) is 13.2 Å². The van der Waals surface area contributed by atoms with Crippen molar-refractivity contribution in [1.29, 1.82) is 0 Å². The van der Waals surface area contributed by atoms with Gasteiger partial charge in [-0.3, -0.25) is 9.59 Å². The fourth-order valence-corrected chi connectivity index (χ4v) is 4.32. The van der Waals surface area contributed by atoms with Crippen LogP contribution in [0.1, 0.15) is 142 Å². The molecule has 0 saturated carbocycles. The molecule has 0 aliphatic carbocycles. The second-order valence-corrected chi connectivity index (χ2v) is 11.2. The van der Waals surface area contributed by atoms with E-state index in [4.69, 9.17) is 9.47 Å². The lowest BCUT2D eigenvalue weighted by Crippen LogP contribution is -2.28. The number of esters is 2. The van der Waals surface area contributed by atoms with Crippen LogP contribution in [0.3, 0.4) is 0 Å². The van der Waals surface area contributed by atoms with Gasteiger partial charge >= 0.3 is 11.9 Å². The number of hydrogen-bond acceptors (Lipinski definition) is 5. The minimum Gasteiger partial charge on any atom is -0.462 e. The summed E-state index contributed by atoms with van der Waals surface area (Å²) in [6.45, 7) is 3.92. The highest BCUT2D eigenvalue weighted by atomic mass is 16.6. The number of unbranched alkanes of at least 4 members (excludes halogenated alkanes) is 10. The van der Waals surface area contributed by atoms with E-state index in [2.05, 4.69) is 86.8 Å². The number of rotatable bonds is 30. The lowest BCUT2D eigenvalue weighted by molar-refractivity contribution is -0.161. The molecule has 1 N–H and O–H groups in total. The fourth-order valence-electron chi connectivity index (χ4n) is 4.32. The second kappa shape index (κ2) is 34.8. The summed E-state index contributed by atoms with van der Waals surface area (Å²) < 4.78 is 10.5. The van der Waals surface area contributed by atoms with E-state index < -0.39 is 6.10 Å². The average Bonchev–Trinajstić information content (AvgIpc) is 3.02. The van der Waals surface area contributed by atoms with E-state index in [9.17, 15) is 14.7 Å². The number of ether oxygens (including phenoxy) is 2. The Bertz CT molecular complexity index is 833. The van der Waals surface area contributed by atoms with Gasteiger partial charge in [-0.1, -0.05) is 125 Å². The Morgan fingerprint density at radius 1 is 0.545 bits per heavy atom. The van der Waals surface area contributed by atoms with E-state index in [-0.39, 0.29) is 25.2 Å². The van der Waals surface area contributed by atoms with Crippen LogP contribution >= 0.6 is 0 Å². The molecular weight excluding hydrogens is 548 g/mol. The Labute approximate surface area is 270 Å². The van der Waals surface area contributed by atoms with Crippen molar-refractivity contribution in [3.05, 3.63) is 72.9 Å². The molecule has 5 nitrogen and oxygen atoms in total. The monoisotopic (exact) mass is 612 g/mol. The number of aliphatic hydroxyl groups excluding tert-OH is 1. The second-order valence-electron chi connectivity index (χ2n) is 11.2. The van der Waals surface area contributed by atoms with Crippen LogP contribution in [-0.4, -0.2) is 36.4 Å². The summed E-state index contributed by atoms with van der Waals surface area (Å²) in [6, 6.07) is 0. The molecule has 0 heterocycles. The lowest BCUT2D eigenvalue weighted by Gasteiger charge is -2.15. The molecule has 0 fully saturated rings. The quantitative estimate of drug-likeness (QED) is 0.0496. The predicted octanol–water partition coefficient (Wildman–Crippen LogP) is 10.6. The van der Waals surface area contributed by atoms with Crippen LogP contribution in [0.15, 0.2) is 72.9 Å². The molecule has 0 bridgehead atoms. The highest BCUT2D eigenvalue weighted by Gasteiger charge is 2.16. The van der Waals surface area contributed by atoms with Crippen LogP contribution in [0.25, 0.3) is 0 Å². The predicted molar refractivity (Wildman–Crippen MR) is 186 cm³/mol. The maximum Gasteiger partial charge on any atom is 0.306 e. The molecule has 0 saturated heterocycles. The summed E-state index contributed by atoms with van der Waals surface area (Å²) in [4.78, 5) is 24.1. The Morgan fingerprint density at radius 3 is 1.52 bits per heavy atom. The molecule has 0 aliphatic rings. The van der Waals surface area contributed by atoms with Gasteiger partial charge < -0.3 is 14.6 Å². The van der Waals surface area contributed by atoms with Crippen molar-refractivity contribution in [2.24, 2.45) is 0 Å². The number of hydrogen-bond donors (Lipinski definition) is 1. The standard InChI is InChI=1S/C39H64O5/c1-3-5-7-9-11-13-15-16-17-18-19-20-21-22-24-25-27-29-31-33-38(41)43-36-37(35-40)44-39(42)34-32-30-28-26-23-14-12-10-8-6-4-2/h5,7,10-13,16-17,19-20,22,24,37,40H,3-4,6,8-9,14-15,18,21,23,25-36H2,1-2H3/b7-5+,12-10+,13-11+,17-16+,20-19+,24-22+/t37-/m0/s1. The van der Waals surface area contributed by atoms with Crippen molar-refractivity contribution in [3.8, 4) is 0 Å². The average molecular weight is 613 g/mol. The smallest absolute Gasteiger partial charge is 0.306 e. The molecular formula is C39H64O5. The molecule has 0 spiro atoms. The third-order valence-corrected chi connectivity index (χ3v) is 6.98. The van der Waals surface area contributed by atoms with Gasteiger partial charge in [0.25, 0.3) is 0 Å². The Morgan fingerprint density at radius 2 is 0.977 bits per heavy atom. The van der Waals surface area contributed by atoms with E-state index in [0.29, 0.717) is 12.8 Å². The van der Waals surface area contributed by atoms with Crippen LogP contribution in [0.2, 0.25) is 0 Å². The first-order chi connectivity index (χ1) is 21.6. The zero-order valence-corrected chi connectivity index (χ0v) is 28.1. The highest BCUT2D eigenvalue weighted by Crippen LogP contribution is 2.10. The Kier molecular flexibility index (Phi) is 32.7. The van der Waals surface area contributed by atoms with Gasteiger partial charge in [0.05, 0.1) is 6.61 Å². The molecule has 250 valence electrons. The fraction of sp³-hybridized carbons (Fsp3) is 0.641. The van der Waals surface area contributed by atoms with Gasteiger partial charge in [0.2, 0.25) is 0 Å². The van der Waals surface area contributed by atoms with Crippen LogP contribution in [0, 0.1) is 0 Å². The normalized spacial score (nSPS) is 13.1. The van der Waals surface area contributed by atoms with Gasteiger partial charge in [-0.05, 0) is 77.0 Å². The van der Waals surface area contributed by atoms with Gasteiger partial charge in [0.15, 0.2) is 6.10 Å². The van der Waals surface area contributed by atoms with Crippen molar-refractivity contribution >= 4 is 11.9 Å². The summed E-state index contributed by atoms with van der Waals surface area (Å²) in [5, 5.41) is 9.50. The molecule has 0 rings (SSSR count). The lowest BCUT2D eigenvalue weighted by atomic mass is 10.1. The summed E-state index contributed by atoms with van der Waals surface area (Å²) in [6.07, 6.45) is 45.3. The van der Waals surface area contributed by atoms with Crippen molar-refractivity contribution < 1.29 is 24.2 Å². The largest absolute Gasteiger partial charge is 0.462 e. The van der Waals surface area contributed by atoms with E-state index in [1.54, 1.807) is 0 Å². The summed E-state index contributed by atoms with van der Waals surface area (Å²) in [5.74, 6) is -0.649. The van der Waals surface area contributed by atoms with Gasteiger partial charge in [0.1, 0.15) is 6.61 Å². The first-order valence-corrected chi connectivity index (χ1v) is 17.5. The van der Waals surface area contributed by atoms with Crippen LogP contribution in [0.4, 0.5) is 0 Å². The minimum absolute atomic E-state index is 0.0904. The van der Waals surface area contributed by atoms with Gasteiger partial charge in [-0.25, -0.2) is 0 Å². The molecule has 0 radical (unpaired) electrons. The molecule has 0 aliphatic heterocycles. The number of carbonyl (C=O) groups excluding carboxylic acids is 2. The Hall–Kier alpha value is -2.66. The van der Waals surface area contributed by atoms with E-state index in [1.807, 2.05) is 0 Å². The Balaban J connectivity index is 3.70. The molecule has 0 unspecified atom stereocenters. The SMILES string of the molecule is CC/C=C/C/C=C/C/C=C/C/C=C/C/C=C/CCCCCC(=O)OC[C@H](CO)OC(=O)CCCCCCC/C=C/CCCC. The topological polar surface area (TPSA) is 72.8 Å². The van der Waals surface area contributed by atoms with E-state index in [0.717, 1.165) is 83.5 Å². The summed E-state index contributed by atoms with van der Waals surface area (Å²) >= 11 is 0. The maximum absolute atomic E-state index is 12.1. The van der Waals surface area contributed by atoms with Crippen LogP contribution in [-0.2, 0) is 19.1 Å². The minimum atomic E-state index is -0.790. The van der Waals surface area contributed by atoms with Gasteiger partial charge in [-0.2, -0.15) is 0 Å². The third-order valence-electron chi connectivity index (χ3n) is 6.98. The number of allylic oxidation sites excluding steroid dienone is 12. The van der Waals surface area contributed by atoms with E-state index in [1.165, 1.54) is 32.1 Å². The summed E-state index contributed by atoms with van der Waals surface area (Å²) in [7, 11) is 0. The van der Waals surface area contributed by atoms with Gasteiger partial charge in [-0.15, -0.1) is 0 Å². The number of carbonyl (C=O) groups is 2. The molecule has 5 heteroatoms. The molecule has 0 aromatic heterocycles. The molecule has 0 aromatic carbocycles. The first kappa shape index (κ1) is 41.3.